The van der Waals surface area contributed by atoms with Crippen LogP contribution in [0.3, 0.4) is 0 Å². The normalized spacial score (nSPS) is 22.9. The lowest BCUT2D eigenvalue weighted by molar-refractivity contribution is 0.104. The van der Waals surface area contributed by atoms with Crippen LogP contribution in [-0.4, -0.2) is 30.6 Å². The van der Waals surface area contributed by atoms with Crippen LogP contribution in [0.25, 0.3) is 0 Å². The molecule has 2 heteroatoms. The minimum Gasteiger partial charge on any atom is -0.329 e. The van der Waals surface area contributed by atoms with Gasteiger partial charge in [-0.15, -0.1) is 0 Å². The fraction of sp³-hybridized carbons (Fsp3) is 0.625. The third-order valence-corrected chi connectivity index (χ3v) is 4.86. The van der Waals surface area contributed by atoms with Gasteiger partial charge in [-0.25, -0.2) is 0 Å². The quantitative estimate of drug-likeness (QED) is 0.883. The summed E-state index contributed by atoms with van der Waals surface area (Å²) in [5.74, 6) is 0.871. The Bertz CT molecular complexity index is 371. The standard InChI is InChI=1S/C16H24N2/c17-12-16(15-6-3-7-15)18-10-8-13-4-1-2-5-14(13)9-11-18/h1-2,4-5,15-16H,3,6-12,17H2. The van der Waals surface area contributed by atoms with Crippen molar-refractivity contribution < 1.29 is 0 Å². The Balaban J connectivity index is 1.69. The first-order chi connectivity index (χ1) is 8.88. The first kappa shape index (κ1) is 12.2. The van der Waals surface area contributed by atoms with Gasteiger partial charge in [-0.1, -0.05) is 30.7 Å². The van der Waals surface area contributed by atoms with Gasteiger partial charge < -0.3 is 5.73 Å². The van der Waals surface area contributed by atoms with E-state index in [1.165, 1.54) is 45.2 Å². The summed E-state index contributed by atoms with van der Waals surface area (Å²) < 4.78 is 0. The van der Waals surface area contributed by atoms with Crippen LogP contribution in [0.1, 0.15) is 30.4 Å². The summed E-state index contributed by atoms with van der Waals surface area (Å²) in [6, 6.07) is 9.55. The van der Waals surface area contributed by atoms with Gasteiger partial charge in [0.1, 0.15) is 0 Å². The molecule has 1 aromatic rings. The van der Waals surface area contributed by atoms with E-state index < -0.39 is 0 Å². The van der Waals surface area contributed by atoms with Crippen molar-refractivity contribution in [3.8, 4) is 0 Å². The smallest absolute Gasteiger partial charge is 0.0246 e. The molecular formula is C16H24N2. The van der Waals surface area contributed by atoms with E-state index in [1.54, 1.807) is 11.1 Å². The van der Waals surface area contributed by atoms with E-state index in [0.717, 1.165) is 12.5 Å². The molecule has 1 aliphatic carbocycles. The molecule has 98 valence electrons. The Hall–Kier alpha value is -0.860. The molecule has 1 aliphatic heterocycles. The highest BCUT2D eigenvalue weighted by Crippen LogP contribution is 2.32. The van der Waals surface area contributed by atoms with Crippen LogP contribution in [0, 0.1) is 5.92 Å². The molecule has 3 rings (SSSR count). The Labute approximate surface area is 110 Å². The zero-order chi connectivity index (χ0) is 12.4. The lowest BCUT2D eigenvalue weighted by Crippen LogP contribution is -2.48. The predicted molar refractivity (Wildman–Crippen MR) is 75.6 cm³/mol. The molecule has 1 unspecified atom stereocenters. The number of nitrogens with two attached hydrogens (primary N) is 1. The van der Waals surface area contributed by atoms with Crippen molar-refractivity contribution in [2.75, 3.05) is 19.6 Å². The number of rotatable bonds is 3. The second-order valence-corrected chi connectivity index (χ2v) is 5.80. The van der Waals surface area contributed by atoms with Gasteiger partial charge in [0.15, 0.2) is 0 Å². The maximum Gasteiger partial charge on any atom is 0.0246 e. The van der Waals surface area contributed by atoms with Gasteiger partial charge >= 0.3 is 0 Å². The van der Waals surface area contributed by atoms with Crippen LogP contribution in [0.5, 0.6) is 0 Å². The summed E-state index contributed by atoms with van der Waals surface area (Å²) in [7, 11) is 0. The maximum atomic E-state index is 6.03. The zero-order valence-electron chi connectivity index (χ0n) is 11.1. The Morgan fingerprint density at radius 3 is 2.17 bits per heavy atom. The summed E-state index contributed by atoms with van der Waals surface area (Å²) in [5, 5.41) is 0. The van der Waals surface area contributed by atoms with Crippen molar-refractivity contribution in [3.05, 3.63) is 35.4 Å². The first-order valence-electron chi connectivity index (χ1n) is 7.39. The maximum absolute atomic E-state index is 6.03. The van der Waals surface area contributed by atoms with E-state index in [2.05, 4.69) is 29.2 Å². The van der Waals surface area contributed by atoms with Crippen molar-refractivity contribution in [1.29, 1.82) is 0 Å². The van der Waals surface area contributed by atoms with Crippen LogP contribution < -0.4 is 5.73 Å². The Morgan fingerprint density at radius 1 is 1.11 bits per heavy atom. The minimum absolute atomic E-state index is 0.632. The zero-order valence-corrected chi connectivity index (χ0v) is 11.1. The molecule has 2 N–H and O–H groups in total. The van der Waals surface area contributed by atoms with E-state index in [1.807, 2.05) is 0 Å². The highest BCUT2D eigenvalue weighted by molar-refractivity contribution is 5.28. The largest absolute Gasteiger partial charge is 0.329 e. The second-order valence-electron chi connectivity index (χ2n) is 5.80. The molecule has 1 saturated carbocycles. The third-order valence-electron chi connectivity index (χ3n) is 4.86. The van der Waals surface area contributed by atoms with Crippen LogP contribution in [0.4, 0.5) is 0 Å². The molecule has 2 aliphatic rings. The molecule has 18 heavy (non-hydrogen) atoms. The van der Waals surface area contributed by atoms with Gasteiger partial charge in [-0.05, 0) is 42.7 Å². The van der Waals surface area contributed by atoms with Gasteiger partial charge in [-0.3, -0.25) is 4.90 Å². The Kier molecular flexibility index (Phi) is 3.67. The molecule has 0 amide bonds. The lowest BCUT2D eigenvalue weighted by Gasteiger charge is -2.40. The number of fused-ring (bicyclic) bond motifs is 1. The molecule has 0 radical (unpaired) electrons. The van der Waals surface area contributed by atoms with Crippen molar-refractivity contribution >= 4 is 0 Å². The van der Waals surface area contributed by atoms with Crippen LogP contribution in [0.2, 0.25) is 0 Å². The molecule has 0 bridgehead atoms. The summed E-state index contributed by atoms with van der Waals surface area (Å²) in [5.41, 5.74) is 9.12. The molecule has 2 nitrogen and oxygen atoms in total. The number of benzene rings is 1. The molecule has 1 fully saturated rings. The molecular weight excluding hydrogens is 220 g/mol. The highest BCUT2D eigenvalue weighted by atomic mass is 15.2. The van der Waals surface area contributed by atoms with E-state index in [-0.39, 0.29) is 0 Å². The predicted octanol–water partition coefficient (Wildman–Crippen LogP) is 2.21. The fourth-order valence-corrected chi connectivity index (χ4v) is 3.48. The van der Waals surface area contributed by atoms with Gasteiger partial charge in [0, 0.05) is 25.7 Å². The van der Waals surface area contributed by atoms with Crippen molar-refractivity contribution in [3.63, 3.8) is 0 Å². The van der Waals surface area contributed by atoms with Crippen molar-refractivity contribution in [2.45, 2.75) is 38.1 Å². The van der Waals surface area contributed by atoms with Crippen molar-refractivity contribution in [1.82, 2.24) is 4.90 Å². The van der Waals surface area contributed by atoms with Crippen molar-refractivity contribution in [2.24, 2.45) is 11.7 Å². The topological polar surface area (TPSA) is 29.3 Å². The second kappa shape index (κ2) is 5.41. The molecule has 0 aromatic heterocycles. The molecule has 0 spiro atoms. The van der Waals surface area contributed by atoms with Crippen LogP contribution in [0.15, 0.2) is 24.3 Å². The molecule has 1 heterocycles. The van der Waals surface area contributed by atoms with E-state index >= 15 is 0 Å². The van der Waals surface area contributed by atoms with E-state index in [9.17, 15) is 0 Å². The average Bonchev–Trinajstić information content (AvgIpc) is 2.56. The van der Waals surface area contributed by atoms with Gasteiger partial charge in [-0.2, -0.15) is 0 Å². The number of hydrogen-bond acceptors (Lipinski definition) is 2. The van der Waals surface area contributed by atoms with E-state index in [4.69, 9.17) is 5.73 Å². The third kappa shape index (κ3) is 2.32. The molecule has 0 saturated heterocycles. The fourth-order valence-electron chi connectivity index (χ4n) is 3.48. The summed E-state index contributed by atoms with van der Waals surface area (Å²) in [6.45, 7) is 3.21. The van der Waals surface area contributed by atoms with Gasteiger partial charge in [0.05, 0.1) is 0 Å². The first-order valence-corrected chi connectivity index (χ1v) is 7.39. The van der Waals surface area contributed by atoms with Crippen LogP contribution in [-0.2, 0) is 12.8 Å². The molecule has 1 atom stereocenters. The summed E-state index contributed by atoms with van der Waals surface area (Å²) >= 11 is 0. The lowest BCUT2D eigenvalue weighted by atomic mass is 9.79. The summed E-state index contributed by atoms with van der Waals surface area (Å²) in [6.07, 6.45) is 6.59. The monoisotopic (exact) mass is 244 g/mol. The number of hydrogen-bond donors (Lipinski definition) is 1. The molecule has 1 aromatic carbocycles. The highest BCUT2D eigenvalue weighted by Gasteiger charge is 2.31. The average molecular weight is 244 g/mol. The minimum atomic E-state index is 0.632. The number of nitrogens with zero attached hydrogens (tertiary/aromatic N) is 1. The van der Waals surface area contributed by atoms with Gasteiger partial charge in [0.2, 0.25) is 0 Å². The van der Waals surface area contributed by atoms with Gasteiger partial charge in [0.25, 0.3) is 0 Å². The van der Waals surface area contributed by atoms with Crippen LogP contribution >= 0.6 is 0 Å². The summed E-state index contributed by atoms with van der Waals surface area (Å²) in [4.78, 5) is 2.66. The SMILES string of the molecule is NCC(C1CCC1)N1CCc2ccccc2CC1. The Morgan fingerprint density at radius 2 is 1.72 bits per heavy atom. The van der Waals surface area contributed by atoms with E-state index in [0.29, 0.717) is 6.04 Å².